The summed E-state index contributed by atoms with van der Waals surface area (Å²) in [4.78, 5) is 63.4. The lowest BCUT2D eigenvalue weighted by Crippen LogP contribution is -2.39. The Hall–Kier alpha value is -4.83. The summed E-state index contributed by atoms with van der Waals surface area (Å²) in [6.07, 6.45) is -8.55. The second kappa shape index (κ2) is 17.7. The van der Waals surface area contributed by atoms with E-state index in [1.807, 2.05) is 0 Å². The Balaban J connectivity index is 1.02. The Bertz CT molecular complexity index is 2560. The monoisotopic (exact) mass is 940 g/mol. The number of aromatic nitrogens is 8. The predicted octanol–water partition coefficient (Wildman–Crippen LogP) is 1.43. The minimum atomic E-state index is -4.49. The molecular formula is C32H38N12O14P2S2. The summed E-state index contributed by atoms with van der Waals surface area (Å²) in [5, 5.41) is 11.4. The summed E-state index contributed by atoms with van der Waals surface area (Å²) >= 11 is 9.59. The normalized spacial score (nSPS) is 30.2. The van der Waals surface area contributed by atoms with Gasteiger partial charge in [0.25, 0.3) is 0 Å². The van der Waals surface area contributed by atoms with Gasteiger partial charge in [-0.1, -0.05) is 24.4 Å². The van der Waals surface area contributed by atoms with Gasteiger partial charge in [-0.25, -0.2) is 44.1 Å². The zero-order chi connectivity index (χ0) is 43.9. The van der Waals surface area contributed by atoms with E-state index in [0.717, 1.165) is 0 Å². The number of ether oxygens (including phenoxy) is 5. The third kappa shape index (κ3) is 9.27. The molecular weight excluding hydrogens is 903 g/mol. The molecule has 1 aromatic carbocycles. The van der Waals surface area contributed by atoms with Crippen LogP contribution in [0.5, 0.6) is 0 Å². The molecule has 1 amide bonds. The number of benzene rings is 1. The highest BCUT2D eigenvalue weighted by molar-refractivity contribution is 8.44. The molecule has 3 fully saturated rings. The predicted molar refractivity (Wildman–Crippen MR) is 218 cm³/mol. The fraction of sp³-hybridized carbons (Fsp3) is 0.438. The number of fused-ring (bicyclic) bond motifs is 5. The number of hydrogen-bond donors (Lipinski definition) is 6. The van der Waals surface area contributed by atoms with Gasteiger partial charge in [0.2, 0.25) is 0 Å². The van der Waals surface area contributed by atoms with Crippen molar-refractivity contribution >= 4 is 89.5 Å². The van der Waals surface area contributed by atoms with Crippen LogP contribution in [-0.2, 0) is 64.8 Å². The van der Waals surface area contributed by atoms with Crippen LogP contribution in [0, 0.1) is 0 Å². The number of nitrogens with zero attached hydrogens (tertiary/aromatic N) is 9. The van der Waals surface area contributed by atoms with Crippen molar-refractivity contribution in [3.63, 3.8) is 0 Å². The summed E-state index contributed by atoms with van der Waals surface area (Å²) in [5.41, 5.74) is 19.7. The Labute approximate surface area is 359 Å². The highest BCUT2D eigenvalue weighted by Gasteiger charge is 2.55. The van der Waals surface area contributed by atoms with Crippen molar-refractivity contribution in [1.29, 1.82) is 0 Å². The third-order valence-corrected chi connectivity index (χ3v) is 12.9. The van der Waals surface area contributed by atoms with Crippen molar-refractivity contribution in [3.05, 3.63) is 55.1 Å². The number of anilines is 3. The van der Waals surface area contributed by atoms with E-state index < -0.39 is 88.1 Å². The van der Waals surface area contributed by atoms with Gasteiger partial charge in [-0.3, -0.25) is 22.7 Å². The number of likely N-dealkylation sites (N-methyl/N-ethyl adjacent to an activating group) is 1. The van der Waals surface area contributed by atoms with E-state index in [4.69, 9.17) is 70.8 Å². The van der Waals surface area contributed by atoms with E-state index >= 15 is 0 Å². The van der Waals surface area contributed by atoms with E-state index in [0.29, 0.717) is 11.3 Å². The number of amides is 1. The van der Waals surface area contributed by atoms with Crippen LogP contribution >= 0.6 is 25.8 Å². The molecule has 3 aliphatic rings. The molecule has 3 aliphatic heterocycles. The molecule has 26 nitrogen and oxygen atoms in total. The number of carbonyl (C=O) groups is 2. The maximum atomic E-state index is 14.0. The molecule has 8 N–H and O–H groups in total. The first kappa shape index (κ1) is 43.8. The second-order valence-corrected chi connectivity index (χ2v) is 19.5. The molecule has 0 aliphatic carbocycles. The number of carbonyl (C=O) groups excluding carboxylic acids is 2. The Morgan fingerprint density at radius 1 is 0.887 bits per heavy atom. The summed E-state index contributed by atoms with van der Waals surface area (Å²) in [7, 11) is 1.43. The van der Waals surface area contributed by atoms with Crippen LogP contribution in [0.15, 0.2) is 49.6 Å². The summed E-state index contributed by atoms with van der Waals surface area (Å²) in [6, 6.07) is 6.76. The maximum Gasteiger partial charge on any atom is 0.508 e. The van der Waals surface area contributed by atoms with E-state index in [1.54, 1.807) is 24.3 Å². The average Bonchev–Trinajstić information content (AvgIpc) is 4.01. The van der Waals surface area contributed by atoms with Crippen molar-refractivity contribution in [3.8, 4) is 0 Å². The first-order valence-corrected chi connectivity index (χ1v) is 23.6. The van der Waals surface area contributed by atoms with Gasteiger partial charge in [-0.15, -0.1) is 0 Å². The van der Waals surface area contributed by atoms with Gasteiger partial charge in [-0.05, 0) is 29.5 Å². The van der Waals surface area contributed by atoms with Crippen molar-refractivity contribution < 1.29 is 65.9 Å². The zero-order valence-electron chi connectivity index (χ0n) is 32.1. The fourth-order valence-corrected chi connectivity index (χ4v) is 9.60. The van der Waals surface area contributed by atoms with Crippen molar-refractivity contribution in [1.82, 2.24) is 43.9 Å². The molecule has 4 aromatic heterocycles. The molecule has 8 rings (SSSR count). The number of aliphatic hydroxyl groups excluding tert-OH is 1. The molecule has 0 saturated carbocycles. The molecule has 0 spiro atoms. The van der Waals surface area contributed by atoms with E-state index in [-0.39, 0.29) is 53.7 Å². The molecule has 0 radical (unpaired) electrons. The highest BCUT2D eigenvalue weighted by atomic mass is 32.7. The van der Waals surface area contributed by atoms with Gasteiger partial charge in [-0.2, -0.15) is 0 Å². The Kier molecular flexibility index (Phi) is 12.5. The number of rotatable bonds is 8. The standard InChI is InChI=1S/C32H38N12O14P2S2/c1-42(31(46)51-8-15-2-4-16(33)5-3-15)6-7-50-32(47)56-24-22-18(55-30(24)44-14-41-20-26(35)37-12-39-28(20)44)10-53-60(49,62)58-23-21(45)17(9-52-59(48,61)57-22)54-29(23)43-13-40-19-25(34)36-11-38-27(19)43/h2-5,11-14,17-18,21-24,29-30,45H,6-10,33H2,1H3,(H,48,61)(H,49,62)(H2,34,36,38)(H2,35,37,39)/t17-,18-,21-,22-,23-,24-,29-,30-,59?,60?/m1/s1. The quantitative estimate of drug-likeness (QED) is 0.0554. The van der Waals surface area contributed by atoms with E-state index in [9.17, 15) is 24.2 Å². The largest absolute Gasteiger partial charge is 0.508 e. The summed E-state index contributed by atoms with van der Waals surface area (Å²) in [5.74, 6) is 0.0790. The zero-order valence-corrected chi connectivity index (χ0v) is 35.6. The van der Waals surface area contributed by atoms with Gasteiger partial charge in [0.1, 0.15) is 67.4 Å². The van der Waals surface area contributed by atoms with Crippen LogP contribution in [-0.4, -0.2) is 136 Å². The number of aliphatic hydroxyl groups is 1. The third-order valence-electron chi connectivity index (χ3n) is 9.77. The summed E-state index contributed by atoms with van der Waals surface area (Å²) in [6.45, 7) is -10.7. The van der Waals surface area contributed by atoms with Crippen molar-refractivity contribution in [2.75, 3.05) is 50.6 Å². The van der Waals surface area contributed by atoms with Crippen LogP contribution in [0.25, 0.3) is 22.3 Å². The van der Waals surface area contributed by atoms with Gasteiger partial charge in [0, 0.05) is 12.7 Å². The molecule has 3 saturated heterocycles. The van der Waals surface area contributed by atoms with Gasteiger partial charge in [0.05, 0.1) is 32.4 Å². The molecule has 2 unspecified atom stereocenters. The van der Waals surface area contributed by atoms with Gasteiger partial charge >= 0.3 is 25.8 Å². The minimum absolute atomic E-state index is 0.0197. The average molecular weight is 941 g/mol. The molecule has 5 aromatic rings. The topological polar surface area (TPSA) is 343 Å². The number of thiol groups is 1. The van der Waals surface area contributed by atoms with Crippen LogP contribution in [0.1, 0.15) is 18.0 Å². The van der Waals surface area contributed by atoms with Crippen LogP contribution in [0.2, 0.25) is 0 Å². The molecule has 2 bridgehead atoms. The van der Waals surface area contributed by atoms with E-state index in [2.05, 4.69) is 42.2 Å². The molecule has 62 heavy (non-hydrogen) atoms. The SMILES string of the molecule is CN(CCOC(=O)O[C@@H]1[C@@H]2OP(O)(=S)OC[C@H]3O[C@@H](n4cnc5c(N)ncnc54)[C@H](OP(=O)(S)OC[C@H]2O[C@H]1n1cnc2c(N)ncnc21)[C@@H]3O)C(=O)OCc1ccc(N)cc1. The Morgan fingerprint density at radius 2 is 1.50 bits per heavy atom. The van der Waals surface area contributed by atoms with Crippen LogP contribution in [0.3, 0.4) is 0 Å². The van der Waals surface area contributed by atoms with Gasteiger partial charge < -0.3 is 60.3 Å². The number of nitrogen functional groups attached to an aromatic ring is 3. The number of hydrogen-bond acceptors (Lipinski definition) is 23. The number of nitrogens with two attached hydrogens (primary N) is 3. The van der Waals surface area contributed by atoms with Gasteiger partial charge in [0.15, 0.2) is 41.5 Å². The first-order chi connectivity index (χ1) is 29.6. The lowest BCUT2D eigenvalue weighted by molar-refractivity contribution is -0.0633. The maximum absolute atomic E-state index is 14.0. The summed E-state index contributed by atoms with van der Waals surface area (Å²) < 4.78 is 68.7. The minimum Gasteiger partial charge on any atom is -0.445 e. The van der Waals surface area contributed by atoms with Crippen molar-refractivity contribution in [2.24, 2.45) is 0 Å². The number of imidazole rings is 2. The van der Waals surface area contributed by atoms with Crippen LogP contribution in [0.4, 0.5) is 26.9 Å². The van der Waals surface area contributed by atoms with E-state index in [1.165, 1.54) is 46.4 Å². The molecule has 7 heterocycles. The van der Waals surface area contributed by atoms with Crippen molar-refractivity contribution in [2.45, 2.75) is 55.7 Å². The van der Waals surface area contributed by atoms with Crippen LogP contribution < -0.4 is 17.2 Å². The highest BCUT2D eigenvalue weighted by Crippen LogP contribution is 2.58. The molecule has 30 heteroatoms. The lowest BCUT2D eigenvalue weighted by Gasteiger charge is -2.28. The fourth-order valence-electron chi connectivity index (χ4n) is 6.70. The first-order valence-electron chi connectivity index (χ1n) is 18.3. The lowest BCUT2D eigenvalue weighted by atomic mass is 10.1. The molecule has 10 atom stereocenters. The second-order valence-electron chi connectivity index (χ2n) is 13.9. The smallest absolute Gasteiger partial charge is 0.445 e. The molecule has 332 valence electrons. The Morgan fingerprint density at radius 3 is 2.16 bits per heavy atom.